The van der Waals surface area contributed by atoms with Crippen LogP contribution in [-0.2, 0) is 11.2 Å². The van der Waals surface area contributed by atoms with Crippen LogP contribution >= 0.6 is 11.3 Å². The number of hydrogen-bond donors (Lipinski definition) is 1. The first-order valence-corrected chi connectivity index (χ1v) is 6.34. The largest absolute Gasteiger partial charge is 0.522 e. The van der Waals surface area contributed by atoms with Crippen LogP contribution in [-0.4, -0.2) is 30.7 Å². The Morgan fingerprint density at radius 3 is 2.63 bits per heavy atom. The van der Waals surface area contributed by atoms with Gasteiger partial charge in [-0.15, -0.1) is 24.5 Å². The van der Waals surface area contributed by atoms with Gasteiger partial charge in [-0.1, -0.05) is 13.3 Å². The van der Waals surface area contributed by atoms with Crippen molar-refractivity contribution in [2.24, 2.45) is 0 Å². The molecule has 0 spiro atoms. The fourth-order valence-electron chi connectivity index (χ4n) is 1.36. The summed E-state index contributed by atoms with van der Waals surface area (Å²) >= 11 is 1.07. The Balaban J connectivity index is 2.58. The van der Waals surface area contributed by atoms with E-state index in [0.717, 1.165) is 22.6 Å². The van der Waals surface area contributed by atoms with Crippen LogP contribution < -0.4 is 4.74 Å². The molecule has 0 unspecified atom stereocenters. The smallest absolute Gasteiger partial charge is 0.489 e. The first kappa shape index (κ1) is 15.8. The molecule has 8 heteroatoms. The maximum atomic E-state index is 11.7. The lowest BCUT2D eigenvalue weighted by Crippen LogP contribution is -2.18. The number of carboxylic acid groups (broad SMARTS) is 1. The Bertz CT molecular complexity index is 428. The normalized spacial score (nSPS) is 11.6. The minimum absolute atomic E-state index is 0.00420. The van der Waals surface area contributed by atoms with E-state index in [1.54, 1.807) is 6.07 Å². The van der Waals surface area contributed by atoms with Crippen LogP contribution in [0.5, 0.6) is 5.75 Å². The Kier molecular flexibility index (Phi) is 5.61. The molecule has 1 aromatic heterocycles. The number of ether oxygens (including phenoxy) is 2. The van der Waals surface area contributed by atoms with Gasteiger partial charge in [-0.25, -0.2) is 4.79 Å². The lowest BCUT2D eigenvalue weighted by molar-refractivity contribution is -0.325. The second kappa shape index (κ2) is 6.76. The summed E-state index contributed by atoms with van der Waals surface area (Å²) in [6, 6.07) is 1.55. The lowest BCUT2D eigenvalue weighted by Gasteiger charge is -2.08. The minimum Gasteiger partial charge on any atom is -0.489 e. The lowest BCUT2D eigenvalue weighted by atomic mass is 10.3. The molecule has 0 amide bonds. The number of halogens is 3. The fourth-order valence-corrected chi connectivity index (χ4v) is 2.40. The number of carbonyl (C=O) groups is 1. The van der Waals surface area contributed by atoms with Gasteiger partial charge in [0.25, 0.3) is 0 Å². The molecule has 0 fully saturated rings. The van der Waals surface area contributed by atoms with Crippen molar-refractivity contribution in [2.45, 2.75) is 26.1 Å². The van der Waals surface area contributed by atoms with Crippen molar-refractivity contribution in [2.75, 3.05) is 13.2 Å². The average molecular weight is 298 g/mol. The molecule has 108 valence electrons. The highest BCUT2D eigenvalue weighted by atomic mass is 32.1. The number of alkyl halides is 3. The molecule has 0 radical (unpaired) electrons. The van der Waals surface area contributed by atoms with Crippen molar-refractivity contribution in [3.8, 4) is 5.75 Å². The number of carboxylic acids is 1. The molecular formula is C11H13F3O4S. The van der Waals surface area contributed by atoms with Crippen LogP contribution in [0.4, 0.5) is 13.2 Å². The van der Waals surface area contributed by atoms with Gasteiger partial charge in [0.05, 0.1) is 6.61 Å². The third-order valence-electron chi connectivity index (χ3n) is 2.05. The summed E-state index contributed by atoms with van der Waals surface area (Å²) in [5.74, 6) is -1.06. The van der Waals surface area contributed by atoms with E-state index < -0.39 is 18.9 Å². The summed E-state index contributed by atoms with van der Waals surface area (Å²) in [6.45, 7) is 0.904. The van der Waals surface area contributed by atoms with Crippen molar-refractivity contribution in [1.82, 2.24) is 0 Å². The highest BCUT2D eigenvalue weighted by Gasteiger charge is 2.28. The van der Waals surface area contributed by atoms with Gasteiger partial charge < -0.3 is 9.84 Å². The number of rotatable bonds is 7. The van der Waals surface area contributed by atoms with E-state index in [1.165, 1.54) is 0 Å². The summed E-state index contributed by atoms with van der Waals surface area (Å²) in [5.41, 5.74) is 0. The van der Waals surface area contributed by atoms with Gasteiger partial charge in [0.2, 0.25) is 0 Å². The van der Waals surface area contributed by atoms with E-state index in [9.17, 15) is 18.0 Å². The van der Waals surface area contributed by atoms with Gasteiger partial charge in [0.15, 0.2) is 4.88 Å². The first-order valence-electron chi connectivity index (χ1n) is 5.53. The number of aromatic carboxylic acids is 1. The second-order valence-corrected chi connectivity index (χ2v) is 4.74. The van der Waals surface area contributed by atoms with E-state index in [0.29, 0.717) is 6.42 Å². The molecule has 1 rings (SSSR count). The van der Waals surface area contributed by atoms with Gasteiger partial charge >= 0.3 is 12.3 Å². The molecule has 1 aromatic rings. The maximum absolute atomic E-state index is 11.7. The van der Waals surface area contributed by atoms with Gasteiger partial charge in [-0.3, -0.25) is 4.74 Å². The molecule has 0 bridgehead atoms. The van der Waals surface area contributed by atoms with Crippen molar-refractivity contribution >= 4 is 17.3 Å². The zero-order valence-electron chi connectivity index (χ0n) is 10.1. The van der Waals surface area contributed by atoms with Crippen LogP contribution in [0.25, 0.3) is 0 Å². The zero-order valence-corrected chi connectivity index (χ0v) is 10.9. The number of thiophene rings is 1. The third kappa shape index (κ3) is 5.48. The van der Waals surface area contributed by atoms with E-state index in [2.05, 4.69) is 4.74 Å². The summed E-state index contributed by atoms with van der Waals surface area (Å²) in [4.78, 5) is 11.8. The fraction of sp³-hybridized carbons (Fsp3) is 0.545. The molecule has 0 aliphatic heterocycles. The quantitative estimate of drug-likeness (QED) is 0.785. The van der Waals surface area contributed by atoms with E-state index in [1.807, 2.05) is 6.92 Å². The average Bonchev–Trinajstić information content (AvgIpc) is 2.67. The molecule has 0 saturated heterocycles. The summed E-state index contributed by atoms with van der Waals surface area (Å²) < 4.78 is 43.7. The molecule has 0 saturated carbocycles. The van der Waals surface area contributed by atoms with Crippen LogP contribution in [0, 0.1) is 0 Å². The van der Waals surface area contributed by atoms with Gasteiger partial charge in [-0.05, 0) is 12.5 Å². The second-order valence-electron chi connectivity index (χ2n) is 3.60. The molecule has 0 aliphatic rings. The molecule has 19 heavy (non-hydrogen) atoms. The van der Waals surface area contributed by atoms with Crippen molar-refractivity contribution in [3.05, 3.63) is 15.8 Å². The Labute approximate surface area is 111 Å². The van der Waals surface area contributed by atoms with Gasteiger partial charge in [0, 0.05) is 4.88 Å². The number of hydrogen-bond acceptors (Lipinski definition) is 4. The van der Waals surface area contributed by atoms with E-state index in [4.69, 9.17) is 9.84 Å². The summed E-state index contributed by atoms with van der Waals surface area (Å²) in [5, 5.41) is 8.95. The number of aryl methyl sites for hydroxylation is 1. The van der Waals surface area contributed by atoms with E-state index >= 15 is 0 Å². The summed E-state index contributed by atoms with van der Waals surface area (Å²) in [7, 11) is 0. The summed E-state index contributed by atoms with van der Waals surface area (Å²) in [6.07, 6.45) is -3.16. The molecule has 1 N–H and O–H groups in total. The predicted octanol–water partition coefficient (Wildman–Crippen LogP) is 3.31. The zero-order chi connectivity index (χ0) is 14.5. The maximum Gasteiger partial charge on any atom is 0.522 e. The molecule has 0 aromatic carbocycles. The van der Waals surface area contributed by atoms with E-state index in [-0.39, 0.29) is 17.2 Å². The van der Waals surface area contributed by atoms with Gasteiger partial charge in [-0.2, -0.15) is 0 Å². The molecule has 1 heterocycles. The van der Waals surface area contributed by atoms with Crippen molar-refractivity contribution in [3.63, 3.8) is 0 Å². The van der Waals surface area contributed by atoms with Crippen LogP contribution in [0.1, 0.15) is 27.9 Å². The third-order valence-corrected chi connectivity index (χ3v) is 3.21. The van der Waals surface area contributed by atoms with Crippen LogP contribution in [0.3, 0.4) is 0 Å². The van der Waals surface area contributed by atoms with Crippen LogP contribution in [0.15, 0.2) is 6.07 Å². The topological polar surface area (TPSA) is 55.8 Å². The molecular weight excluding hydrogens is 285 g/mol. The molecule has 0 aliphatic carbocycles. The predicted molar refractivity (Wildman–Crippen MR) is 62.8 cm³/mol. The minimum atomic E-state index is -4.71. The van der Waals surface area contributed by atoms with Crippen molar-refractivity contribution in [1.29, 1.82) is 0 Å². The highest BCUT2D eigenvalue weighted by molar-refractivity contribution is 7.14. The Morgan fingerprint density at radius 2 is 2.11 bits per heavy atom. The highest BCUT2D eigenvalue weighted by Crippen LogP contribution is 2.30. The first-order chi connectivity index (χ1) is 8.83. The molecule has 0 atom stereocenters. The standard InChI is InChI=1S/C11H13F3O4S/c1-2-3-7-6-8(9(19-7)10(15)16)17-4-5-18-11(12,13)14/h6H,2-5H2,1H3,(H,15,16). The van der Waals surface area contributed by atoms with Crippen LogP contribution in [0.2, 0.25) is 0 Å². The Hall–Kier alpha value is -1.28. The molecule has 4 nitrogen and oxygen atoms in total. The van der Waals surface area contributed by atoms with Gasteiger partial charge in [0.1, 0.15) is 12.4 Å². The van der Waals surface area contributed by atoms with Crippen molar-refractivity contribution < 1.29 is 32.5 Å². The monoisotopic (exact) mass is 298 g/mol. The Morgan fingerprint density at radius 1 is 1.42 bits per heavy atom. The SMILES string of the molecule is CCCc1cc(OCCOC(F)(F)F)c(C(=O)O)s1.